The highest BCUT2D eigenvalue weighted by Gasteiger charge is 2.24. The lowest BCUT2D eigenvalue weighted by atomic mass is 10.0. The van der Waals surface area contributed by atoms with Crippen LogP contribution in [0.1, 0.15) is 33.1 Å². The van der Waals surface area contributed by atoms with Crippen molar-refractivity contribution >= 4 is 18.5 Å². The minimum absolute atomic E-state index is 0.148. The van der Waals surface area contributed by atoms with E-state index in [0.717, 1.165) is 19.4 Å². The van der Waals surface area contributed by atoms with Gasteiger partial charge in [0.15, 0.2) is 0 Å². The van der Waals surface area contributed by atoms with Crippen LogP contribution in [0.3, 0.4) is 0 Å². The average molecular weight is 187 g/mol. The Labute approximate surface area is 79.7 Å². The molecule has 1 aliphatic heterocycles. The molecule has 0 spiro atoms. The van der Waals surface area contributed by atoms with Crippen molar-refractivity contribution in [2.24, 2.45) is 0 Å². The lowest BCUT2D eigenvalue weighted by Gasteiger charge is -2.34. The summed E-state index contributed by atoms with van der Waals surface area (Å²) >= 11 is 4.15. The third-order valence-corrected chi connectivity index (χ3v) is 2.66. The molecular weight excluding hydrogens is 170 g/mol. The van der Waals surface area contributed by atoms with Gasteiger partial charge >= 0.3 is 0 Å². The Morgan fingerprint density at radius 3 is 2.75 bits per heavy atom. The molecule has 3 heteroatoms. The number of carbonyl (C=O) groups is 1. The number of amides is 1. The van der Waals surface area contributed by atoms with Crippen LogP contribution < -0.4 is 0 Å². The van der Waals surface area contributed by atoms with E-state index < -0.39 is 0 Å². The number of carbonyl (C=O) groups excluding carboxylic acids is 1. The molecule has 0 aromatic heterocycles. The largest absolute Gasteiger partial charge is 0.339 e. The van der Waals surface area contributed by atoms with Crippen LogP contribution in [0.4, 0.5) is 0 Å². The Bertz CT molecular complexity index is 170. The Morgan fingerprint density at radius 1 is 1.58 bits per heavy atom. The third kappa shape index (κ3) is 2.16. The first-order chi connectivity index (χ1) is 5.63. The second kappa shape index (κ2) is 4.17. The maximum Gasteiger partial charge on any atom is 0.235 e. The first-order valence-corrected chi connectivity index (χ1v) is 5.13. The Balaban J connectivity index is 2.53. The maximum atomic E-state index is 11.6. The van der Waals surface area contributed by atoms with Crippen LogP contribution in [0.25, 0.3) is 0 Å². The van der Waals surface area contributed by atoms with Gasteiger partial charge < -0.3 is 4.90 Å². The highest BCUT2D eigenvalue weighted by Crippen LogP contribution is 2.18. The third-order valence-electron chi connectivity index (χ3n) is 2.44. The first kappa shape index (κ1) is 9.90. The average Bonchev–Trinajstić information content (AvgIpc) is 2.04. The zero-order chi connectivity index (χ0) is 9.14. The van der Waals surface area contributed by atoms with Crippen LogP contribution in [0.5, 0.6) is 0 Å². The Kier molecular flexibility index (Phi) is 3.44. The molecule has 70 valence electrons. The maximum absolute atomic E-state index is 11.6. The SMILES string of the molecule is CC(S)C(=O)N1CCCCC1C. The van der Waals surface area contributed by atoms with Crippen LogP contribution in [0.2, 0.25) is 0 Å². The summed E-state index contributed by atoms with van der Waals surface area (Å²) < 4.78 is 0. The van der Waals surface area contributed by atoms with Crippen molar-refractivity contribution in [2.45, 2.75) is 44.4 Å². The molecule has 1 rings (SSSR count). The van der Waals surface area contributed by atoms with E-state index in [2.05, 4.69) is 19.6 Å². The van der Waals surface area contributed by atoms with Crippen molar-refractivity contribution in [3.63, 3.8) is 0 Å². The van der Waals surface area contributed by atoms with E-state index in [0.29, 0.717) is 6.04 Å². The smallest absolute Gasteiger partial charge is 0.235 e. The molecule has 1 saturated heterocycles. The molecule has 2 nitrogen and oxygen atoms in total. The molecule has 1 amide bonds. The van der Waals surface area contributed by atoms with E-state index in [-0.39, 0.29) is 11.2 Å². The van der Waals surface area contributed by atoms with E-state index in [4.69, 9.17) is 0 Å². The summed E-state index contributed by atoms with van der Waals surface area (Å²) in [6, 6.07) is 0.417. The molecule has 0 N–H and O–H groups in total. The van der Waals surface area contributed by atoms with Gasteiger partial charge in [-0.2, -0.15) is 12.6 Å². The van der Waals surface area contributed by atoms with Gasteiger partial charge in [0.1, 0.15) is 0 Å². The molecule has 1 fully saturated rings. The van der Waals surface area contributed by atoms with Crippen molar-refractivity contribution < 1.29 is 4.79 Å². The zero-order valence-corrected chi connectivity index (χ0v) is 8.68. The van der Waals surface area contributed by atoms with Crippen molar-refractivity contribution in [3.05, 3.63) is 0 Å². The summed E-state index contributed by atoms with van der Waals surface area (Å²) in [5, 5.41) is -0.148. The normalized spacial score (nSPS) is 26.9. The van der Waals surface area contributed by atoms with Gasteiger partial charge in [-0.1, -0.05) is 0 Å². The van der Waals surface area contributed by atoms with Crippen LogP contribution in [0, 0.1) is 0 Å². The van der Waals surface area contributed by atoms with E-state index >= 15 is 0 Å². The van der Waals surface area contributed by atoms with Crippen molar-refractivity contribution in [1.82, 2.24) is 4.90 Å². The van der Waals surface area contributed by atoms with E-state index in [9.17, 15) is 4.79 Å². The standard InChI is InChI=1S/C9H17NOS/c1-7-5-3-4-6-10(7)9(11)8(2)12/h7-8,12H,3-6H2,1-2H3. The lowest BCUT2D eigenvalue weighted by molar-refractivity contribution is -0.133. The summed E-state index contributed by atoms with van der Waals surface area (Å²) in [7, 11) is 0. The number of likely N-dealkylation sites (tertiary alicyclic amines) is 1. The van der Waals surface area contributed by atoms with Crippen LogP contribution in [-0.4, -0.2) is 28.6 Å². The Hall–Kier alpha value is -0.180. The van der Waals surface area contributed by atoms with E-state index in [1.165, 1.54) is 6.42 Å². The number of thiol groups is 1. The molecule has 1 heterocycles. The fourth-order valence-electron chi connectivity index (χ4n) is 1.67. The summed E-state index contributed by atoms with van der Waals surface area (Å²) in [4.78, 5) is 13.5. The van der Waals surface area contributed by atoms with Gasteiger partial charge in [0, 0.05) is 12.6 Å². The van der Waals surface area contributed by atoms with Crippen LogP contribution >= 0.6 is 12.6 Å². The fourth-order valence-corrected chi connectivity index (χ4v) is 1.81. The lowest BCUT2D eigenvalue weighted by Crippen LogP contribution is -2.44. The highest BCUT2D eigenvalue weighted by atomic mass is 32.1. The monoisotopic (exact) mass is 187 g/mol. The fraction of sp³-hybridized carbons (Fsp3) is 0.889. The van der Waals surface area contributed by atoms with Gasteiger partial charge in [-0.3, -0.25) is 4.79 Å². The van der Waals surface area contributed by atoms with Gasteiger partial charge in [-0.15, -0.1) is 0 Å². The predicted octanol–water partition coefficient (Wildman–Crippen LogP) is 1.71. The summed E-state index contributed by atoms with van der Waals surface area (Å²) in [5.74, 6) is 0.186. The zero-order valence-electron chi connectivity index (χ0n) is 7.79. The van der Waals surface area contributed by atoms with Crippen LogP contribution in [-0.2, 0) is 4.79 Å². The highest BCUT2D eigenvalue weighted by molar-refractivity contribution is 7.81. The van der Waals surface area contributed by atoms with Gasteiger partial charge in [-0.25, -0.2) is 0 Å². The van der Waals surface area contributed by atoms with Gasteiger partial charge in [0.05, 0.1) is 5.25 Å². The quantitative estimate of drug-likeness (QED) is 0.620. The molecule has 0 aliphatic carbocycles. The van der Waals surface area contributed by atoms with Crippen LogP contribution in [0.15, 0.2) is 0 Å². The second-order valence-electron chi connectivity index (χ2n) is 3.55. The molecule has 0 bridgehead atoms. The number of piperidine rings is 1. The molecule has 12 heavy (non-hydrogen) atoms. The van der Waals surface area contributed by atoms with Gasteiger partial charge in [0.2, 0.25) is 5.91 Å². The van der Waals surface area contributed by atoms with E-state index in [1.54, 1.807) is 0 Å². The minimum atomic E-state index is -0.148. The summed E-state index contributed by atoms with van der Waals surface area (Å²) in [6.45, 7) is 4.88. The number of hydrogen-bond acceptors (Lipinski definition) is 2. The number of rotatable bonds is 1. The summed E-state index contributed by atoms with van der Waals surface area (Å²) in [5.41, 5.74) is 0. The number of nitrogens with zero attached hydrogens (tertiary/aromatic N) is 1. The molecule has 2 unspecified atom stereocenters. The second-order valence-corrected chi connectivity index (χ2v) is 4.33. The molecule has 1 aliphatic rings. The van der Waals surface area contributed by atoms with E-state index in [1.807, 2.05) is 11.8 Å². The molecule has 0 saturated carbocycles. The van der Waals surface area contributed by atoms with Crippen molar-refractivity contribution in [3.8, 4) is 0 Å². The topological polar surface area (TPSA) is 20.3 Å². The minimum Gasteiger partial charge on any atom is -0.339 e. The van der Waals surface area contributed by atoms with Gasteiger partial charge in [-0.05, 0) is 33.1 Å². The molecule has 0 aromatic rings. The van der Waals surface area contributed by atoms with Crippen molar-refractivity contribution in [1.29, 1.82) is 0 Å². The van der Waals surface area contributed by atoms with Crippen molar-refractivity contribution in [2.75, 3.05) is 6.54 Å². The molecular formula is C9H17NOS. The first-order valence-electron chi connectivity index (χ1n) is 4.61. The molecule has 2 atom stereocenters. The summed E-state index contributed by atoms with van der Waals surface area (Å²) in [6.07, 6.45) is 3.55. The molecule has 0 radical (unpaired) electrons. The Morgan fingerprint density at radius 2 is 2.25 bits per heavy atom. The predicted molar refractivity (Wildman–Crippen MR) is 53.5 cm³/mol. The molecule has 0 aromatic carbocycles. The number of hydrogen-bond donors (Lipinski definition) is 1. The van der Waals surface area contributed by atoms with Gasteiger partial charge in [0.25, 0.3) is 0 Å².